The number of hydrogen-bond acceptors (Lipinski definition) is 1. The first-order valence-corrected chi connectivity index (χ1v) is 5.36. The van der Waals surface area contributed by atoms with E-state index in [1.54, 1.807) is 4.90 Å². The quantitative estimate of drug-likeness (QED) is 0.704. The van der Waals surface area contributed by atoms with Crippen molar-refractivity contribution in [3.63, 3.8) is 0 Å². The minimum absolute atomic E-state index is 0.109. The number of hydrogen-bond donors (Lipinski definition) is 1. The molecule has 0 radical (unpaired) electrons. The molecule has 3 heteroatoms. The standard InChI is InChI=1S/C12H13NO2/c14-12(15)13-6-5-8-7-11(13)10-4-2-1-3-9(8)10/h1-4,8,11H,5-7H2,(H,14,15). The van der Waals surface area contributed by atoms with Gasteiger partial charge in [0.2, 0.25) is 0 Å². The first kappa shape index (κ1) is 8.77. The van der Waals surface area contributed by atoms with Crippen LogP contribution in [0.3, 0.4) is 0 Å². The molecule has 2 atom stereocenters. The maximum Gasteiger partial charge on any atom is 0.407 e. The van der Waals surface area contributed by atoms with Crippen LogP contribution in [0.15, 0.2) is 24.3 Å². The minimum Gasteiger partial charge on any atom is -0.465 e. The molecule has 1 saturated heterocycles. The number of piperidine rings is 1. The van der Waals surface area contributed by atoms with Crippen LogP contribution < -0.4 is 0 Å². The van der Waals surface area contributed by atoms with E-state index in [4.69, 9.17) is 5.11 Å². The van der Waals surface area contributed by atoms with Crippen LogP contribution in [0.5, 0.6) is 0 Å². The Morgan fingerprint density at radius 2 is 2.07 bits per heavy atom. The van der Waals surface area contributed by atoms with Crippen molar-refractivity contribution in [2.45, 2.75) is 24.8 Å². The molecule has 1 fully saturated rings. The van der Waals surface area contributed by atoms with Gasteiger partial charge in [-0.2, -0.15) is 0 Å². The van der Waals surface area contributed by atoms with E-state index in [0.717, 1.165) is 12.8 Å². The highest BCUT2D eigenvalue weighted by Gasteiger charge is 2.40. The van der Waals surface area contributed by atoms with E-state index in [1.807, 2.05) is 12.1 Å². The van der Waals surface area contributed by atoms with Crippen molar-refractivity contribution in [3.05, 3.63) is 35.4 Å². The molecule has 1 aliphatic heterocycles. The molecule has 0 aromatic heterocycles. The van der Waals surface area contributed by atoms with Crippen molar-refractivity contribution < 1.29 is 9.90 Å². The molecule has 2 unspecified atom stereocenters. The zero-order chi connectivity index (χ0) is 10.4. The van der Waals surface area contributed by atoms with Crippen LogP contribution in [-0.4, -0.2) is 22.6 Å². The summed E-state index contributed by atoms with van der Waals surface area (Å²) in [5, 5.41) is 9.11. The molecule has 2 bridgehead atoms. The second-order valence-corrected chi connectivity index (χ2v) is 4.34. The smallest absolute Gasteiger partial charge is 0.407 e. The summed E-state index contributed by atoms with van der Waals surface area (Å²) in [5.74, 6) is 0.585. The van der Waals surface area contributed by atoms with Gasteiger partial charge in [0.25, 0.3) is 0 Å². The van der Waals surface area contributed by atoms with Gasteiger partial charge in [0.15, 0.2) is 0 Å². The van der Waals surface area contributed by atoms with Crippen LogP contribution in [0.2, 0.25) is 0 Å². The fraction of sp³-hybridized carbons (Fsp3) is 0.417. The van der Waals surface area contributed by atoms with E-state index in [2.05, 4.69) is 12.1 Å². The van der Waals surface area contributed by atoms with E-state index in [1.165, 1.54) is 11.1 Å². The largest absolute Gasteiger partial charge is 0.465 e. The molecule has 0 spiro atoms. The van der Waals surface area contributed by atoms with Crippen LogP contribution in [-0.2, 0) is 0 Å². The predicted molar refractivity (Wildman–Crippen MR) is 55.9 cm³/mol. The third-order valence-electron chi connectivity index (χ3n) is 3.64. The number of amides is 1. The van der Waals surface area contributed by atoms with Gasteiger partial charge in [-0.05, 0) is 29.9 Å². The van der Waals surface area contributed by atoms with Gasteiger partial charge in [-0.25, -0.2) is 4.79 Å². The topological polar surface area (TPSA) is 40.5 Å². The van der Waals surface area contributed by atoms with Gasteiger partial charge in [0.05, 0.1) is 6.04 Å². The molecule has 15 heavy (non-hydrogen) atoms. The Morgan fingerprint density at radius 1 is 1.33 bits per heavy atom. The number of carboxylic acid groups (broad SMARTS) is 1. The van der Waals surface area contributed by atoms with Gasteiger partial charge < -0.3 is 10.0 Å². The molecule has 2 aliphatic rings. The number of likely N-dealkylation sites (tertiary alicyclic amines) is 1. The maximum atomic E-state index is 11.1. The molecule has 1 aromatic carbocycles. The SMILES string of the molecule is O=C(O)N1CCC2CC1c1ccccc12. The average molecular weight is 203 g/mol. The fourth-order valence-corrected chi connectivity index (χ4v) is 2.96. The van der Waals surface area contributed by atoms with Crippen LogP contribution in [0.4, 0.5) is 4.79 Å². The third kappa shape index (κ3) is 1.16. The van der Waals surface area contributed by atoms with Crippen LogP contribution in [0.25, 0.3) is 0 Å². The number of fused-ring (bicyclic) bond motifs is 5. The summed E-state index contributed by atoms with van der Waals surface area (Å²) in [6.45, 7) is 0.680. The number of rotatable bonds is 0. The Balaban J connectivity index is 2.06. The summed E-state index contributed by atoms with van der Waals surface area (Å²) < 4.78 is 0. The van der Waals surface area contributed by atoms with Crippen molar-refractivity contribution in [2.24, 2.45) is 0 Å². The predicted octanol–water partition coefficient (Wildman–Crippen LogP) is 2.60. The highest BCUT2D eigenvalue weighted by Crippen LogP contribution is 2.48. The molecule has 1 aliphatic carbocycles. The first-order chi connectivity index (χ1) is 7.27. The van der Waals surface area contributed by atoms with Gasteiger partial charge in [0, 0.05) is 6.54 Å². The Labute approximate surface area is 88.3 Å². The van der Waals surface area contributed by atoms with Gasteiger partial charge in [-0.15, -0.1) is 0 Å². The molecule has 78 valence electrons. The number of carbonyl (C=O) groups is 1. The zero-order valence-electron chi connectivity index (χ0n) is 8.39. The second-order valence-electron chi connectivity index (χ2n) is 4.34. The van der Waals surface area contributed by atoms with Gasteiger partial charge in [-0.3, -0.25) is 0 Å². The number of nitrogens with zero attached hydrogens (tertiary/aromatic N) is 1. The summed E-state index contributed by atoms with van der Waals surface area (Å²) in [5.41, 5.74) is 2.59. The molecule has 1 amide bonds. The summed E-state index contributed by atoms with van der Waals surface area (Å²) in [7, 11) is 0. The molecule has 1 heterocycles. The Hall–Kier alpha value is -1.51. The molecule has 0 saturated carbocycles. The maximum absolute atomic E-state index is 11.1. The first-order valence-electron chi connectivity index (χ1n) is 5.36. The van der Waals surface area contributed by atoms with E-state index in [9.17, 15) is 4.79 Å². The highest BCUT2D eigenvalue weighted by molar-refractivity contribution is 5.67. The molecular weight excluding hydrogens is 190 g/mol. The van der Waals surface area contributed by atoms with Gasteiger partial charge >= 0.3 is 6.09 Å². The normalized spacial score (nSPS) is 27.6. The van der Waals surface area contributed by atoms with E-state index >= 15 is 0 Å². The fourth-order valence-electron chi connectivity index (χ4n) is 2.96. The molecule has 1 aromatic rings. The average Bonchev–Trinajstić information content (AvgIpc) is 2.54. The lowest BCUT2D eigenvalue weighted by Gasteiger charge is -2.31. The molecule has 3 nitrogen and oxygen atoms in total. The molecular formula is C12H13NO2. The Bertz CT molecular complexity index is 416. The lowest BCUT2D eigenvalue weighted by Crippen LogP contribution is -2.36. The van der Waals surface area contributed by atoms with Crippen molar-refractivity contribution in [2.75, 3.05) is 6.54 Å². The summed E-state index contributed by atoms with van der Waals surface area (Å²) in [4.78, 5) is 12.7. The Morgan fingerprint density at radius 3 is 2.80 bits per heavy atom. The van der Waals surface area contributed by atoms with E-state index in [0.29, 0.717) is 12.5 Å². The second kappa shape index (κ2) is 2.99. The lowest BCUT2D eigenvalue weighted by molar-refractivity contribution is 0.109. The third-order valence-corrected chi connectivity index (χ3v) is 3.64. The van der Waals surface area contributed by atoms with E-state index in [-0.39, 0.29) is 6.04 Å². The lowest BCUT2D eigenvalue weighted by atomic mass is 9.96. The van der Waals surface area contributed by atoms with Crippen molar-refractivity contribution in [1.29, 1.82) is 0 Å². The molecule has 3 rings (SSSR count). The van der Waals surface area contributed by atoms with Crippen LogP contribution in [0.1, 0.15) is 35.9 Å². The van der Waals surface area contributed by atoms with Gasteiger partial charge in [-0.1, -0.05) is 24.3 Å². The Kier molecular flexibility index (Phi) is 1.75. The van der Waals surface area contributed by atoms with Crippen LogP contribution >= 0.6 is 0 Å². The van der Waals surface area contributed by atoms with Crippen molar-refractivity contribution in [3.8, 4) is 0 Å². The summed E-state index contributed by atoms with van der Waals surface area (Å²) >= 11 is 0. The zero-order valence-corrected chi connectivity index (χ0v) is 8.39. The highest BCUT2D eigenvalue weighted by atomic mass is 16.4. The summed E-state index contributed by atoms with van der Waals surface area (Å²) in [6, 6.07) is 8.37. The molecule has 1 N–H and O–H groups in total. The number of benzene rings is 1. The van der Waals surface area contributed by atoms with E-state index < -0.39 is 6.09 Å². The summed E-state index contributed by atoms with van der Waals surface area (Å²) in [6.07, 6.45) is 1.17. The van der Waals surface area contributed by atoms with Gasteiger partial charge in [0.1, 0.15) is 0 Å². The monoisotopic (exact) mass is 203 g/mol. The van der Waals surface area contributed by atoms with Crippen molar-refractivity contribution in [1.82, 2.24) is 4.90 Å². The van der Waals surface area contributed by atoms with Crippen molar-refractivity contribution >= 4 is 6.09 Å². The van der Waals surface area contributed by atoms with Crippen LogP contribution in [0, 0.1) is 0 Å². The minimum atomic E-state index is -0.782.